The van der Waals surface area contributed by atoms with Crippen LogP contribution in [0.1, 0.15) is 10.4 Å². The van der Waals surface area contributed by atoms with Gasteiger partial charge in [-0.05, 0) is 58.4 Å². The molecule has 1 aliphatic rings. The topological polar surface area (TPSA) is 95.2 Å². The molecule has 38 heavy (non-hydrogen) atoms. The van der Waals surface area contributed by atoms with Gasteiger partial charge >= 0.3 is 6.03 Å². The third-order valence-corrected chi connectivity index (χ3v) is 6.95. The Kier molecular flexibility index (Phi) is 9.45. The Hall–Kier alpha value is -3.76. The molecule has 0 bridgehead atoms. The van der Waals surface area contributed by atoms with Gasteiger partial charge in [0.05, 0.1) is 30.7 Å². The molecule has 0 radical (unpaired) electrons. The molecule has 9 nitrogen and oxygen atoms in total. The molecule has 4 rings (SSSR count). The fourth-order valence-electron chi connectivity index (χ4n) is 4.36. The second kappa shape index (κ2) is 13.2. The quantitative estimate of drug-likeness (QED) is 0.314. The van der Waals surface area contributed by atoms with Gasteiger partial charge in [0.2, 0.25) is 0 Å². The fraction of sp³-hybridized carbons (Fsp3) is 0.286. The van der Waals surface area contributed by atoms with Crippen LogP contribution in [-0.4, -0.2) is 65.5 Å². The number of urea groups is 1. The van der Waals surface area contributed by atoms with Crippen molar-refractivity contribution in [2.45, 2.75) is 0 Å². The molecule has 0 spiro atoms. The van der Waals surface area contributed by atoms with Crippen LogP contribution in [0.2, 0.25) is 0 Å². The molecule has 1 aliphatic heterocycles. The van der Waals surface area contributed by atoms with Gasteiger partial charge in [-0.15, -0.1) is 0 Å². The third-order valence-electron chi connectivity index (χ3n) is 6.26. The molecule has 1 fully saturated rings. The number of carbonyl (C=O) groups excluding carboxylic acids is 2. The van der Waals surface area contributed by atoms with Crippen LogP contribution in [0.15, 0.2) is 71.2 Å². The summed E-state index contributed by atoms with van der Waals surface area (Å²) in [5, 5.41) is 8.56. The van der Waals surface area contributed by atoms with E-state index in [1.807, 2.05) is 48.5 Å². The lowest BCUT2D eigenvalue weighted by Gasteiger charge is -2.38. The predicted octanol–water partition coefficient (Wildman–Crippen LogP) is 4.80. The van der Waals surface area contributed by atoms with Crippen molar-refractivity contribution >= 4 is 50.6 Å². The number of nitrogens with zero attached hydrogens (tertiary/aromatic N) is 2. The minimum Gasteiger partial charge on any atom is -0.495 e. The number of nitrogens with one attached hydrogen (secondary N) is 3. The van der Waals surface area contributed by atoms with Crippen LogP contribution >= 0.6 is 15.9 Å². The van der Waals surface area contributed by atoms with E-state index >= 15 is 0 Å². The molecule has 0 aromatic heterocycles. The first-order chi connectivity index (χ1) is 18.5. The molecule has 200 valence electrons. The number of carbonyl (C=O) groups is 2. The highest BCUT2D eigenvalue weighted by Crippen LogP contribution is 2.31. The van der Waals surface area contributed by atoms with Crippen LogP contribution in [0.5, 0.6) is 5.75 Å². The lowest BCUT2D eigenvalue weighted by Crippen LogP contribution is -2.47. The number of piperazine rings is 1. The number of rotatable bonds is 9. The number of para-hydroxylation sites is 3. The van der Waals surface area contributed by atoms with Gasteiger partial charge in [-0.25, -0.2) is 4.79 Å². The first-order valence-electron chi connectivity index (χ1n) is 12.4. The van der Waals surface area contributed by atoms with Crippen LogP contribution in [0.25, 0.3) is 0 Å². The van der Waals surface area contributed by atoms with Gasteiger partial charge in [0, 0.05) is 55.7 Å². The molecule has 1 saturated heterocycles. The van der Waals surface area contributed by atoms with Crippen molar-refractivity contribution in [1.82, 2.24) is 5.32 Å². The molecular formula is C28H32BrN5O4. The number of amides is 3. The molecule has 0 saturated carbocycles. The van der Waals surface area contributed by atoms with Crippen molar-refractivity contribution in [2.24, 2.45) is 0 Å². The van der Waals surface area contributed by atoms with Gasteiger partial charge in [-0.3, -0.25) is 4.79 Å². The average Bonchev–Trinajstić information content (AvgIpc) is 2.94. The van der Waals surface area contributed by atoms with E-state index in [4.69, 9.17) is 9.47 Å². The molecule has 3 aromatic carbocycles. The van der Waals surface area contributed by atoms with E-state index in [0.717, 1.165) is 47.8 Å². The van der Waals surface area contributed by atoms with Crippen LogP contribution in [0.3, 0.4) is 0 Å². The van der Waals surface area contributed by atoms with Crippen LogP contribution in [0, 0.1) is 0 Å². The van der Waals surface area contributed by atoms with Crippen molar-refractivity contribution in [3.05, 3.63) is 76.8 Å². The second-order valence-corrected chi connectivity index (χ2v) is 9.54. The molecule has 10 heteroatoms. The van der Waals surface area contributed by atoms with E-state index in [1.165, 1.54) is 0 Å². The Labute approximate surface area is 231 Å². The lowest BCUT2D eigenvalue weighted by molar-refractivity contribution is 0.0937. The summed E-state index contributed by atoms with van der Waals surface area (Å²) in [7, 11) is 3.27. The van der Waals surface area contributed by atoms with Crippen molar-refractivity contribution < 1.29 is 19.1 Å². The van der Waals surface area contributed by atoms with E-state index in [-0.39, 0.29) is 5.91 Å². The Morgan fingerprint density at radius 2 is 1.55 bits per heavy atom. The van der Waals surface area contributed by atoms with Gasteiger partial charge in [0.25, 0.3) is 5.91 Å². The van der Waals surface area contributed by atoms with Crippen molar-refractivity contribution in [3.63, 3.8) is 0 Å². The lowest BCUT2D eigenvalue weighted by atomic mass is 10.1. The molecule has 1 heterocycles. The zero-order chi connectivity index (χ0) is 26.9. The van der Waals surface area contributed by atoms with Crippen LogP contribution in [0.4, 0.5) is 27.5 Å². The molecule has 3 aromatic rings. The molecular weight excluding hydrogens is 550 g/mol. The monoisotopic (exact) mass is 581 g/mol. The molecule has 3 N–H and O–H groups in total. The number of hydrogen-bond acceptors (Lipinski definition) is 6. The molecule has 0 aliphatic carbocycles. The number of ether oxygens (including phenoxy) is 2. The summed E-state index contributed by atoms with van der Waals surface area (Å²) in [6, 6.07) is 20.3. The number of hydrogen-bond donors (Lipinski definition) is 3. The number of methoxy groups -OCH3 is 2. The summed E-state index contributed by atoms with van der Waals surface area (Å²) >= 11 is 3.43. The zero-order valence-corrected chi connectivity index (χ0v) is 23.1. The van der Waals surface area contributed by atoms with Gasteiger partial charge in [-0.2, -0.15) is 0 Å². The molecule has 0 unspecified atom stereocenters. The van der Waals surface area contributed by atoms with Gasteiger partial charge in [0.1, 0.15) is 5.75 Å². The maximum atomic E-state index is 13.2. The maximum absolute atomic E-state index is 13.2. The highest BCUT2D eigenvalue weighted by Gasteiger charge is 2.24. The minimum atomic E-state index is -0.402. The highest BCUT2D eigenvalue weighted by molar-refractivity contribution is 9.10. The summed E-state index contributed by atoms with van der Waals surface area (Å²) in [5.41, 5.74) is 3.53. The average molecular weight is 582 g/mol. The normalized spacial score (nSPS) is 13.1. The Morgan fingerprint density at radius 1 is 0.868 bits per heavy atom. The Balaban J connectivity index is 1.50. The summed E-state index contributed by atoms with van der Waals surface area (Å²) < 4.78 is 11.4. The van der Waals surface area contributed by atoms with Crippen molar-refractivity contribution in [3.8, 4) is 5.75 Å². The van der Waals surface area contributed by atoms with Crippen LogP contribution < -0.4 is 30.5 Å². The SMILES string of the molecule is COCCNC(=O)c1cc(NC(=O)Nc2ccccc2Br)ccc1N1CCN(c2ccccc2OC)CC1. The first-order valence-corrected chi connectivity index (χ1v) is 13.2. The van der Waals surface area contributed by atoms with E-state index in [2.05, 4.69) is 47.7 Å². The summed E-state index contributed by atoms with van der Waals surface area (Å²) in [4.78, 5) is 30.3. The molecule has 0 atom stereocenters. The van der Waals surface area contributed by atoms with Crippen LogP contribution in [-0.2, 0) is 4.74 Å². The molecule has 3 amide bonds. The Bertz CT molecular complexity index is 1260. The minimum absolute atomic E-state index is 0.223. The standard InChI is InChI=1S/C28H32BrN5O4/c1-37-18-13-30-27(35)21-19-20(31-28(36)32-23-8-4-3-7-22(23)29)11-12-24(21)33-14-16-34(17-15-33)25-9-5-6-10-26(25)38-2/h3-12,19H,13-18H2,1-2H3,(H,30,35)(H2,31,32,36). The van der Waals surface area contributed by atoms with Crippen molar-refractivity contribution in [1.29, 1.82) is 0 Å². The van der Waals surface area contributed by atoms with Gasteiger partial charge in [-0.1, -0.05) is 24.3 Å². The largest absolute Gasteiger partial charge is 0.495 e. The fourth-order valence-corrected chi connectivity index (χ4v) is 4.74. The van der Waals surface area contributed by atoms with E-state index in [0.29, 0.717) is 30.1 Å². The Morgan fingerprint density at radius 3 is 2.26 bits per heavy atom. The number of halogens is 1. The first kappa shape index (κ1) is 27.3. The number of anilines is 4. The van der Waals surface area contributed by atoms with Gasteiger partial charge in [0.15, 0.2) is 0 Å². The van der Waals surface area contributed by atoms with Gasteiger partial charge < -0.3 is 35.2 Å². The zero-order valence-electron chi connectivity index (χ0n) is 21.5. The third kappa shape index (κ3) is 6.76. The van der Waals surface area contributed by atoms with E-state index < -0.39 is 6.03 Å². The highest BCUT2D eigenvalue weighted by atomic mass is 79.9. The summed E-state index contributed by atoms with van der Waals surface area (Å²) in [5.74, 6) is 0.620. The number of benzene rings is 3. The summed E-state index contributed by atoms with van der Waals surface area (Å²) in [6.45, 7) is 3.80. The second-order valence-electron chi connectivity index (χ2n) is 8.69. The van der Waals surface area contributed by atoms with Crippen molar-refractivity contribution in [2.75, 3.05) is 74.0 Å². The predicted molar refractivity (Wildman–Crippen MR) is 155 cm³/mol. The maximum Gasteiger partial charge on any atom is 0.323 e. The van der Waals surface area contributed by atoms with E-state index in [1.54, 1.807) is 26.4 Å². The summed E-state index contributed by atoms with van der Waals surface area (Å²) in [6.07, 6.45) is 0. The van der Waals surface area contributed by atoms with E-state index in [9.17, 15) is 9.59 Å². The smallest absolute Gasteiger partial charge is 0.323 e.